The summed E-state index contributed by atoms with van der Waals surface area (Å²) in [5, 5.41) is 23.0. The summed E-state index contributed by atoms with van der Waals surface area (Å²) >= 11 is 5.93. The van der Waals surface area contributed by atoms with E-state index in [4.69, 9.17) is 16.9 Å². The lowest BCUT2D eigenvalue weighted by Gasteiger charge is -2.19. The fourth-order valence-electron chi connectivity index (χ4n) is 2.34. The van der Waals surface area contributed by atoms with Gasteiger partial charge >= 0.3 is 0 Å². The van der Waals surface area contributed by atoms with Crippen molar-refractivity contribution in [2.45, 2.75) is 26.2 Å². The SMILES string of the molecule is CC(C)(C)c1ccc(C(=O)Nc2ccc(C#N)c(Cl)c2)cc1[N+](=O)[O-]. The molecule has 0 spiro atoms. The number of nitro groups is 1. The largest absolute Gasteiger partial charge is 0.322 e. The Bertz CT molecular complexity index is 895. The Morgan fingerprint density at radius 3 is 2.44 bits per heavy atom. The van der Waals surface area contributed by atoms with Gasteiger partial charge in [-0.05, 0) is 29.7 Å². The summed E-state index contributed by atoms with van der Waals surface area (Å²) < 4.78 is 0. The van der Waals surface area contributed by atoms with Crippen molar-refractivity contribution < 1.29 is 9.72 Å². The van der Waals surface area contributed by atoms with Crippen LogP contribution in [-0.2, 0) is 5.41 Å². The highest BCUT2D eigenvalue weighted by Crippen LogP contribution is 2.32. The summed E-state index contributed by atoms with van der Waals surface area (Å²) in [5.41, 5.74) is 0.896. The molecule has 7 heteroatoms. The van der Waals surface area contributed by atoms with Crippen molar-refractivity contribution >= 4 is 28.9 Å². The van der Waals surface area contributed by atoms with E-state index in [1.54, 1.807) is 18.2 Å². The summed E-state index contributed by atoms with van der Waals surface area (Å²) in [6.45, 7) is 5.61. The molecule has 2 aromatic rings. The van der Waals surface area contributed by atoms with E-state index in [-0.39, 0.29) is 16.3 Å². The first-order valence-corrected chi connectivity index (χ1v) is 7.81. The number of halogens is 1. The Morgan fingerprint density at radius 2 is 1.92 bits per heavy atom. The van der Waals surface area contributed by atoms with E-state index >= 15 is 0 Å². The van der Waals surface area contributed by atoms with Crippen LogP contribution in [-0.4, -0.2) is 10.8 Å². The van der Waals surface area contributed by atoms with Gasteiger partial charge in [0.2, 0.25) is 0 Å². The Morgan fingerprint density at radius 1 is 1.24 bits per heavy atom. The minimum atomic E-state index is -0.496. The van der Waals surface area contributed by atoms with Crippen LogP contribution in [0.15, 0.2) is 36.4 Å². The summed E-state index contributed by atoms with van der Waals surface area (Å²) in [6.07, 6.45) is 0. The van der Waals surface area contributed by atoms with Gasteiger partial charge in [-0.3, -0.25) is 14.9 Å². The Labute approximate surface area is 150 Å². The van der Waals surface area contributed by atoms with Gasteiger partial charge in [-0.2, -0.15) is 5.26 Å². The molecular weight excluding hydrogens is 342 g/mol. The van der Waals surface area contributed by atoms with E-state index in [1.807, 2.05) is 26.8 Å². The highest BCUT2D eigenvalue weighted by molar-refractivity contribution is 6.32. The number of anilines is 1. The normalized spacial score (nSPS) is 10.8. The average molecular weight is 358 g/mol. The van der Waals surface area contributed by atoms with Gasteiger partial charge in [0.1, 0.15) is 6.07 Å². The zero-order valence-corrected chi connectivity index (χ0v) is 14.7. The molecule has 2 aromatic carbocycles. The lowest BCUT2D eigenvalue weighted by molar-refractivity contribution is -0.386. The molecule has 128 valence electrons. The molecule has 0 heterocycles. The molecule has 0 bridgehead atoms. The van der Waals surface area contributed by atoms with E-state index < -0.39 is 16.2 Å². The van der Waals surface area contributed by atoms with Gasteiger partial charge in [-0.1, -0.05) is 38.4 Å². The molecule has 0 saturated heterocycles. The maximum absolute atomic E-state index is 12.4. The topological polar surface area (TPSA) is 96.0 Å². The first kappa shape index (κ1) is 18.4. The summed E-state index contributed by atoms with van der Waals surface area (Å²) in [5.74, 6) is -0.496. The molecule has 1 N–H and O–H groups in total. The second-order valence-corrected chi connectivity index (χ2v) is 6.91. The number of hydrogen-bond acceptors (Lipinski definition) is 4. The first-order chi connectivity index (χ1) is 11.6. The number of carbonyl (C=O) groups is 1. The van der Waals surface area contributed by atoms with Crippen molar-refractivity contribution in [2.24, 2.45) is 0 Å². The smallest absolute Gasteiger partial charge is 0.273 e. The third-order valence-electron chi connectivity index (χ3n) is 3.61. The summed E-state index contributed by atoms with van der Waals surface area (Å²) in [7, 11) is 0. The molecule has 1 amide bonds. The average Bonchev–Trinajstić information content (AvgIpc) is 2.53. The number of nitrogens with zero attached hydrogens (tertiary/aromatic N) is 2. The highest BCUT2D eigenvalue weighted by atomic mass is 35.5. The molecule has 0 atom stereocenters. The zero-order chi connectivity index (χ0) is 18.8. The Hall–Kier alpha value is -2.91. The number of benzene rings is 2. The van der Waals surface area contributed by atoms with Crippen LogP contribution in [0.1, 0.15) is 42.3 Å². The van der Waals surface area contributed by atoms with Gasteiger partial charge in [0.05, 0.1) is 15.5 Å². The monoisotopic (exact) mass is 357 g/mol. The predicted molar refractivity (Wildman–Crippen MR) is 95.9 cm³/mol. The minimum absolute atomic E-state index is 0.0991. The molecule has 0 aromatic heterocycles. The van der Waals surface area contributed by atoms with Crippen LogP contribution >= 0.6 is 11.6 Å². The molecular formula is C18H16ClN3O3. The molecule has 0 aliphatic rings. The summed E-state index contributed by atoms with van der Waals surface area (Å²) in [6, 6.07) is 10.8. The minimum Gasteiger partial charge on any atom is -0.322 e. The number of carbonyl (C=O) groups excluding carboxylic acids is 1. The van der Waals surface area contributed by atoms with Crippen molar-refractivity contribution in [3.63, 3.8) is 0 Å². The van der Waals surface area contributed by atoms with E-state index in [0.29, 0.717) is 16.8 Å². The second kappa shape index (κ2) is 6.91. The molecule has 0 aliphatic heterocycles. The quantitative estimate of drug-likeness (QED) is 0.637. The molecule has 0 saturated carbocycles. The zero-order valence-electron chi connectivity index (χ0n) is 14.0. The van der Waals surface area contributed by atoms with Crippen molar-refractivity contribution in [1.29, 1.82) is 5.26 Å². The number of amides is 1. The molecule has 2 rings (SSSR count). The Kier molecular flexibility index (Phi) is 5.10. The molecule has 25 heavy (non-hydrogen) atoms. The van der Waals surface area contributed by atoms with Gasteiger partial charge in [-0.15, -0.1) is 0 Å². The van der Waals surface area contributed by atoms with Gasteiger partial charge < -0.3 is 5.32 Å². The predicted octanol–water partition coefficient (Wildman–Crippen LogP) is 4.67. The molecule has 0 unspecified atom stereocenters. The Balaban J connectivity index is 2.34. The van der Waals surface area contributed by atoms with E-state index in [0.717, 1.165) is 0 Å². The van der Waals surface area contributed by atoms with Crippen LogP contribution in [0.25, 0.3) is 0 Å². The molecule has 0 fully saturated rings. The lowest BCUT2D eigenvalue weighted by atomic mass is 9.85. The number of hydrogen-bond donors (Lipinski definition) is 1. The van der Waals surface area contributed by atoms with Crippen LogP contribution in [0.3, 0.4) is 0 Å². The lowest BCUT2D eigenvalue weighted by Crippen LogP contribution is -2.16. The van der Waals surface area contributed by atoms with Gasteiger partial charge in [0.25, 0.3) is 11.6 Å². The molecule has 6 nitrogen and oxygen atoms in total. The fraction of sp³-hybridized carbons (Fsp3) is 0.222. The maximum Gasteiger partial charge on any atom is 0.273 e. The van der Waals surface area contributed by atoms with E-state index in [1.165, 1.54) is 18.2 Å². The van der Waals surface area contributed by atoms with Gasteiger partial charge in [0, 0.05) is 22.9 Å². The number of nitrogens with one attached hydrogen (secondary N) is 1. The van der Waals surface area contributed by atoms with Crippen LogP contribution in [0.2, 0.25) is 5.02 Å². The van der Waals surface area contributed by atoms with E-state index in [2.05, 4.69) is 5.32 Å². The van der Waals surface area contributed by atoms with Crippen LogP contribution < -0.4 is 5.32 Å². The number of nitro benzene ring substituents is 1. The molecule has 0 aliphatic carbocycles. The van der Waals surface area contributed by atoms with Crippen LogP contribution in [0.5, 0.6) is 0 Å². The van der Waals surface area contributed by atoms with Gasteiger partial charge in [0.15, 0.2) is 0 Å². The number of rotatable bonds is 3. The first-order valence-electron chi connectivity index (χ1n) is 7.43. The third kappa shape index (κ3) is 4.14. The third-order valence-corrected chi connectivity index (χ3v) is 3.92. The standard InChI is InChI=1S/C18H16ClN3O3/c1-18(2,3)14-7-5-11(8-16(14)22(24)25)17(23)21-13-6-4-12(10-20)15(19)9-13/h4-9H,1-3H3,(H,21,23). The second-order valence-electron chi connectivity index (χ2n) is 6.50. The van der Waals surface area contributed by atoms with E-state index in [9.17, 15) is 14.9 Å². The maximum atomic E-state index is 12.4. The van der Waals surface area contributed by atoms with Crippen LogP contribution in [0, 0.1) is 21.4 Å². The van der Waals surface area contributed by atoms with Crippen molar-refractivity contribution in [3.05, 3.63) is 68.2 Å². The van der Waals surface area contributed by atoms with Gasteiger partial charge in [-0.25, -0.2) is 0 Å². The van der Waals surface area contributed by atoms with Crippen molar-refractivity contribution in [3.8, 4) is 6.07 Å². The van der Waals surface area contributed by atoms with Crippen molar-refractivity contribution in [1.82, 2.24) is 0 Å². The molecule has 0 radical (unpaired) electrons. The highest BCUT2D eigenvalue weighted by Gasteiger charge is 2.26. The fourth-order valence-corrected chi connectivity index (χ4v) is 2.57. The van der Waals surface area contributed by atoms with Crippen LogP contribution in [0.4, 0.5) is 11.4 Å². The van der Waals surface area contributed by atoms with Crippen molar-refractivity contribution in [2.75, 3.05) is 5.32 Å². The summed E-state index contributed by atoms with van der Waals surface area (Å²) in [4.78, 5) is 23.2. The number of nitriles is 1.